The molecule has 0 radical (unpaired) electrons. The fraction of sp³-hybridized carbons (Fsp3) is 0.326. The second kappa shape index (κ2) is 39.6. The molecule has 594 valence electrons. The highest BCUT2D eigenvalue weighted by Crippen LogP contribution is 2.36. The molecule has 0 spiro atoms. The third kappa shape index (κ3) is 22.7. The summed E-state index contributed by atoms with van der Waals surface area (Å²) >= 11 is 42.2. The lowest BCUT2D eigenvalue weighted by molar-refractivity contribution is 0.271. The van der Waals surface area contributed by atoms with Crippen LogP contribution in [-0.4, -0.2) is 75.5 Å². The van der Waals surface area contributed by atoms with E-state index >= 15 is 0 Å². The van der Waals surface area contributed by atoms with E-state index in [1.165, 1.54) is 94.4 Å². The molecule has 0 saturated heterocycles. The van der Waals surface area contributed by atoms with Crippen molar-refractivity contribution >= 4 is 158 Å². The van der Waals surface area contributed by atoms with Crippen molar-refractivity contribution in [1.82, 2.24) is 63.8 Å². The molecular weight excluding hydrogens is 1550 g/mol. The van der Waals surface area contributed by atoms with Crippen LogP contribution in [0.25, 0.3) is 87.6 Å². The highest BCUT2D eigenvalue weighted by Gasteiger charge is 2.18. The molecule has 0 saturated carbocycles. The Hall–Kier alpha value is -8.67. The number of aryl methyl sites for hydroxylation is 3. The van der Waals surface area contributed by atoms with Crippen LogP contribution in [0.5, 0.6) is 0 Å². The average molecular weight is 1660 g/mol. The fourth-order valence-electron chi connectivity index (χ4n) is 13.7. The number of aliphatic hydroxyl groups excluding tert-OH is 1. The Balaban J connectivity index is 0.000000148. The maximum Gasteiger partial charge on any atom is 0.115 e. The molecule has 0 fully saturated rings. The maximum absolute atomic E-state index is 8.99. The summed E-state index contributed by atoms with van der Waals surface area (Å²) in [4.78, 5) is 18.6. The molecule has 16 aromatic rings. The molecule has 8 heterocycles. The van der Waals surface area contributed by atoms with Gasteiger partial charge in [0.05, 0.1) is 71.2 Å². The second-order valence-electron chi connectivity index (χ2n) is 31.5. The van der Waals surface area contributed by atoms with E-state index in [1.54, 1.807) is 12.5 Å². The predicted molar refractivity (Wildman–Crippen MR) is 484 cm³/mol. The molecule has 8 aromatic carbocycles. The minimum Gasteiger partial charge on any atom is -0.394 e. The number of rotatable bonds is 10. The standard InChI is InChI=1S/C13H13ClN2.C13H17N.C12H15ClN2O.C12H14ClN.C11H13ClN2.C11H12ClN.2C10H11ClN2/c1-9(2)13-5-11(14)3-4-12(13)10-6-15-8-16-7-10;1-13(2,3)11-5-6-12-10(9-11)7-8-14(12)4;1-8(2)11-6-10(13)5-9-7-14-15(3-4-16)12(9)11;1-8(2)11-7-10(13)6-9-4-5-14(3)12(9)11;1-7(2)10-5-9(12)4-8-6-13-14(3)11(8)10;1-7(2)10-6-9(12)5-8-3-4-13-11(8)10;1-6(2)8-3-7(11)4-10-9(8)5-12-13-10;1-6(2)8-3-7(11)4-9-10(8)13-5-12-9/h3-9H,1-2H3;5-9H,1-4H3;5-8,16H,3-4H2,1-2H3;4-8H,1-3H3;4-7H,1-3H3;3-7,13H,1-2H3;2*3-6H,1-2H3,(H,12,13). The summed E-state index contributed by atoms with van der Waals surface area (Å²) in [6.45, 7) is 37.5. The van der Waals surface area contributed by atoms with Crippen LogP contribution >= 0.6 is 81.2 Å². The number of aromatic nitrogens is 13. The topological polar surface area (TPSA) is 165 Å². The number of benzene rings is 8. The number of fused-ring (bicyclic) bond motifs is 7. The summed E-state index contributed by atoms with van der Waals surface area (Å²) in [7, 11) is 6.11. The normalized spacial score (nSPS) is 11.5. The number of aliphatic hydroxyl groups is 1. The second-order valence-corrected chi connectivity index (χ2v) is 34.6. The first-order chi connectivity index (χ1) is 53.5. The summed E-state index contributed by atoms with van der Waals surface area (Å²) in [6, 6.07) is 42.7. The Morgan fingerprint density at radius 2 is 0.920 bits per heavy atom. The summed E-state index contributed by atoms with van der Waals surface area (Å²) in [5.74, 6) is 3.20. The molecule has 16 rings (SSSR count). The molecule has 0 aliphatic heterocycles. The van der Waals surface area contributed by atoms with Crippen molar-refractivity contribution in [3.8, 4) is 11.1 Å². The van der Waals surface area contributed by atoms with Gasteiger partial charge >= 0.3 is 0 Å². The van der Waals surface area contributed by atoms with Gasteiger partial charge in [0.2, 0.25) is 0 Å². The van der Waals surface area contributed by atoms with Crippen LogP contribution in [0.3, 0.4) is 0 Å². The maximum atomic E-state index is 8.99. The van der Waals surface area contributed by atoms with Gasteiger partial charge in [-0.1, -0.05) is 211 Å². The first-order valence-corrected chi connectivity index (χ1v) is 40.9. The lowest BCUT2D eigenvalue weighted by Crippen LogP contribution is -2.10. The Bertz CT molecular complexity index is 5520. The van der Waals surface area contributed by atoms with E-state index in [4.69, 9.17) is 86.3 Å². The van der Waals surface area contributed by atoms with Crippen molar-refractivity contribution in [3.05, 3.63) is 269 Å². The van der Waals surface area contributed by atoms with Crippen LogP contribution in [0.4, 0.5) is 0 Å². The molecule has 21 heteroatoms. The Labute approximate surface area is 700 Å². The van der Waals surface area contributed by atoms with Crippen LogP contribution in [0.15, 0.2) is 190 Å². The molecule has 0 bridgehead atoms. The van der Waals surface area contributed by atoms with Gasteiger partial charge in [0, 0.05) is 131 Å². The third-order valence-electron chi connectivity index (χ3n) is 19.5. The fourth-order valence-corrected chi connectivity index (χ4v) is 15.2. The predicted octanol–water partition coefficient (Wildman–Crippen LogP) is 28.1. The number of nitrogens with one attached hydrogen (secondary N) is 3. The SMILES string of the molecule is CC(C)c1cc(Cl)cc2[nH]cnc12.CC(C)c1cc(Cl)cc2[nH]ncc12.CC(C)c1cc(Cl)cc2cc[nH]c12.CC(C)c1cc(Cl)cc2ccn(C)c12.CC(C)c1cc(Cl)cc2cnn(C)c12.CC(C)c1cc(Cl)cc2cnn(CCO)c12.CC(C)c1cc(Cl)ccc1-c1cncnc1.Cn1ccc2cc(C(C)(C)C)ccc21. The van der Waals surface area contributed by atoms with E-state index in [9.17, 15) is 0 Å². The summed E-state index contributed by atoms with van der Waals surface area (Å²) in [5, 5.41) is 36.9. The van der Waals surface area contributed by atoms with Crippen LogP contribution in [0.1, 0.15) is 204 Å². The van der Waals surface area contributed by atoms with E-state index < -0.39 is 0 Å². The van der Waals surface area contributed by atoms with Crippen molar-refractivity contribution in [2.45, 2.75) is 171 Å². The van der Waals surface area contributed by atoms with E-state index in [1.807, 2.05) is 138 Å². The van der Waals surface area contributed by atoms with Gasteiger partial charge < -0.3 is 24.2 Å². The van der Waals surface area contributed by atoms with E-state index in [-0.39, 0.29) is 12.0 Å². The number of imidazole rings is 1. The first kappa shape index (κ1) is 88.3. The molecule has 0 unspecified atom stereocenters. The Morgan fingerprint density at radius 1 is 0.425 bits per heavy atom. The smallest absolute Gasteiger partial charge is 0.115 e. The number of halogens is 7. The molecular formula is C92H106Cl7N13O. The molecule has 113 heavy (non-hydrogen) atoms. The van der Waals surface area contributed by atoms with Crippen molar-refractivity contribution in [2.24, 2.45) is 21.1 Å². The molecule has 0 aliphatic carbocycles. The largest absolute Gasteiger partial charge is 0.394 e. The molecule has 0 aliphatic rings. The highest BCUT2D eigenvalue weighted by atomic mass is 35.5. The van der Waals surface area contributed by atoms with Crippen molar-refractivity contribution in [3.63, 3.8) is 0 Å². The van der Waals surface area contributed by atoms with Crippen molar-refractivity contribution in [1.29, 1.82) is 0 Å². The van der Waals surface area contributed by atoms with Gasteiger partial charge in [0.25, 0.3) is 0 Å². The summed E-state index contributed by atoms with van der Waals surface area (Å²) in [5.41, 5.74) is 21.6. The quantitative estimate of drug-likeness (QED) is 0.106. The highest BCUT2D eigenvalue weighted by molar-refractivity contribution is 6.33. The minimum atomic E-state index is 0.0942. The van der Waals surface area contributed by atoms with E-state index in [0.717, 1.165) is 79.1 Å². The number of hydrogen-bond acceptors (Lipinski definition) is 7. The van der Waals surface area contributed by atoms with Crippen LogP contribution < -0.4 is 0 Å². The van der Waals surface area contributed by atoms with Gasteiger partial charge in [-0.2, -0.15) is 15.3 Å². The monoisotopic (exact) mass is 1650 g/mol. The zero-order chi connectivity index (χ0) is 82.4. The molecule has 0 atom stereocenters. The lowest BCUT2D eigenvalue weighted by Gasteiger charge is -2.18. The average Bonchev–Trinajstić information content (AvgIpc) is 1.62. The zero-order valence-corrected chi connectivity index (χ0v) is 73.7. The third-order valence-corrected chi connectivity index (χ3v) is 21.1. The lowest BCUT2D eigenvalue weighted by atomic mass is 9.86. The van der Waals surface area contributed by atoms with Gasteiger partial charge in [-0.15, -0.1) is 0 Å². The van der Waals surface area contributed by atoms with Gasteiger partial charge in [-0.25, -0.2) is 15.0 Å². The Morgan fingerprint density at radius 3 is 1.51 bits per heavy atom. The Kier molecular flexibility index (Phi) is 30.9. The van der Waals surface area contributed by atoms with Crippen LogP contribution in [0, 0.1) is 0 Å². The first-order valence-electron chi connectivity index (χ1n) is 38.3. The van der Waals surface area contributed by atoms with Crippen LogP contribution in [0.2, 0.25) is 35.2 Å². The van der Waals surface area contributed by atoms with Gasteiger partial charge in [0.1, 0.15) is 6.33 Å². The molecule has 8 aromatic heterocycles. The van der Waals surface area contributed by atoms with Gasteiger partial charge in [0.15, 0.2) is 0 Å². The molecule has 14 nitrogen and oxygen atoms in total. The van der Waals surface area contributed by atoms with E-state index in [0.29, 0.717) is 48.0 Å². The van der Waals surface area contributed by atoms with Gasteiger partial charge in [-0.3, -0.25) is 14.5 Å². The number of aromatic amines is 3. The summed E-state index contributed by atoms with van der Waals surface area (Å²) < 4.78 is 8.05. The minimum absolute atomic E-state index is 0.0942. The zero-order valence-electron chi connectivity index (χ0n) is 68.4. The van der Waals surface area contributed by atoms with Crippen molar-refractivity contribution in [2.75, 3.05) is 6.61 Å². The van der Waals surface area contributed by atoms with E-state index in [2.05, 4.69) is 235 Å². The van der Waals surface area contributed by atoms with Crippen molar-refractivity contribution < 1.29 is 5.11 Å². The summed E-state index contributed by atoms with van der Waals surface area (Å²) in [6.07, 6.45) is 18.5. The molecule has 4 N–H and O–H groups in total. The van der Waals surface area contributed by atoms with Gasteiger partial charge in [-0.05, 0) is 218 Å². The number of H-pyrrole nitrogens is 3. The number of nitrogens with zero attached hydrogens (tertiary/aromatic N) is 10. The number of hydrogen-bond donors (Lipinski definition) is 4. The molecule has 0 amide bonds. The van der Waals surface area contributed by atoms with Crippen LogP contribution in [-0.2, 0) is 33.1 Å².